The number of nitrogens with one attached hydrogen (secondary N) is 2. The fourth-order valence-corrected chi connectivity index (χ4v) is 3.99. The molecule has 0 bridgehead atoms. The summed E-state index contributed by atoms with van der Waals surface area (Å²) in [5, 5.41) is 5.95. The average Bonchev–Trinajstić information content (AvgIpc) is 2.83. The number of hydrogen-bond donors (Lipinski definition) is 2. The Morgan fingerprint density at radius 2 is 1.53 bits per heavy atom. The maximum Gasteiger partial charge on any atom is 0.322 e. The van der Waals surface area contributed by atoms with E-state index in [1.54, 1.807) is 0 Å². The van der Waals surface area contributed by atoms with Crippen LogP contribution in [0, 0.1) is 0 Å². The molecular weight excluding hydrogens is 398 g/mol. The molecule has 1 heterocycles. The first kappa shape index (κ1) is 21.6. The molecule has 5 heteroatoms. The molecule has 2 N–H and O–H groups in total. The van der Waals surface area contributed by atoms with Gasteiger partial charge in [-0.1, -0.05) is 66.7 Å². The van der Waals surface area contributed by atoms with Gasteiger partial charge in [0.05, 0.1) is 6.42 Å². The lowest BCUT2D eigenvalue weighted by Gasteiger charge is -2.29. The summed E-state index contributed by atoms with van der Waals surface area (Å²) in [5.41, 5.74) is 5.47. The van der Waals surface area contributed by atoms with Crippen LogP contribution in [0.25, 0.3) is 0 Å². The summed E-state index contributed by atoms with van der Waals surface area (Å²) in [6, 6.07) is 25.9. The Balaban J connectivity index is 1.20. The van der Waals surface area contributed by atoms with Crippen molar-refractivity contribution in [3.8, 4) is 0 Å². The fraction of sp³-hybridized carbons (Fsp3) is 0.259. The highest BCUT2D eigenvalue weighted by Gasteiger charge is 2.20. The Hall–Kier alpha value is -3.60. The van der Waals surface area contributed by atoms with Crippen molar-refractivity contribution in [3.05, 3.63) is 101 Å². The molecule has 0 fully saturated rings. The molecule has 0 spiro atoms. The zero-order chi connectivity index (χ0) is 22.2. The van der Waals surface area contributed by atoms with E-state index in [9.17, 15) is 9.59 Å². The van der Waals surface area contributed by atoms with Crippen molar-refractivity contribution in [2.24, 2.45) is 0 Å². The number of nitrogens with zero attached hydrogens (tertiary/aromatic N) is 1. The minimum Gasteiger partial charge on any atom is -0.356 e. The van der Waals surface area contributed by atoms with Crippen molar-refractivity contribution < 1.29 is 9.59 Å². The van der Waals surface area contributed by atoms with Gasteiger partial charge in [-0.15, -0.1) is 0 Å². The van der Waals surface area contributed by atoms with Crippen LogP contribution in [-0.2, 0) is 30.6 Å². The van der Waals surface area contributed by atoms with E-state index in [4.69, 9.17) is 0 Å². The SMILES string of the molecule is O=C(Cc1ccc(NC(=O)N2CCc3ccccc3C2)cc1)NCCCc1ccccc1. The zero-order valence-electron chi connectivity index (χ0n) is 18.2. The third-order valence-electron chi connectivity index (χ3n) is 5.79. The highest BCUT2D eigenvalue weighted by molar-refractivity contribution is 5.89. The lowest BCUT2D eigenvalue weighted by atomic mass is 10.0. The molecule has 32 heavy (non-hydrogen) atoms. The average molecular weight is 428 g/mol. The number of carbonyl (C=O) groups excluding carboxylic acids is 2. The Labute approximate surface area is 189 Å². The normalized spacial score (nSPS) is 12.7. The number of hydrogen-bond acceptors (Lipinski definition) is 2. The van der Waals surface area contributed by atoms with Crippen molar-refractivity contribution in [3.63, 3.8) is 0 Å². The molecular formula is C27H29N3O2. The second kappa shape index (κ2) is 10.6. The number of benzene rings is 3. The van der Waals surface area contributed by atoms with Crippen molar-refractivity contribution in [1.29, 1.82) is 0 Å². The summed E-state index contributed by atoms with van der Waals surface area (Å²) in [6.07, 6.45) is 3.09. The highest BCUT2D eigenvalue weighted by Crippen LogP contribution is 2.19. The van der Waals surface area contributed by atoms with Crippen LogP contribution in [0.15, 0.2) is 78.9 Å². The number of urea groups is 1. The van der Waals surface area contributed by atoms with E-state index in [-0.39, 0.29) is 11.9 Å². The molecule has 1 aliphatic heterocycles. The molecule has 3 aromatic rings. The van der Waals surface area contributed by atoms with Gasteiger partial charge in [0.1, 0.15) is 0 Å². The van der Waals surface area contributed by atoms with E-state index in [1.807, 2.05) is 59.5 Å². The van der Waals surface area contributed by atoms with E-state index in [1.165, 1.54) is 16.7 Å². The molecule has 0 saturated carbocycles. The molecule has 0 aliphatic carbocycles. The first-order chi connectivity index (χ1) is 15.7. The molecule has 3 aromatic carbocycles. The Kier molecular flexibility index (Phi) is 7.18. The van der Waals surface area contributed by atoms with Gasteiger partial charge in [-0.3, -0.25) is 4.79 Å². The van der Waals surface area contributed by atoms with Gasteiger partial charge in [-0.05, 0) is 53.6 Å². The van der Waals surface area contributed by atoms with Crippen LogP contribution in [0.3, 0.4) is 0 Å². The minimum absolute atomic E-state index is 0.0156. The van der Waals surface area contributed by atoms with Crippen molar-refractivity contribution in [2.45, 2.75) is 32.2 Å². The molecule has 0 atom stereocenters. The summed E-state index contributed by atoms with van der Waals surface area (Å²) < 4.78 is 0. The summed E-state index contributed by atoms with van der Waals surface area (Å²) in [7, 11) is 0. The molecule has 0 unspecified atom stereocenters. The van der Waals surface area contributed by atoms with Crippen molar-refractivity contribution in [1.82, 2.24) is 10.2 Å². The lowest BCUT2D eigenvalue weighted by Crippen LogP contribution is -2.38. The first-order valence-corrected chi connectivity index (χ1v) is 11.2. The zero-order valence-corrected chi connectivity index (χ0v) is 18.2. The lowest BCUT2D eigenvalue weighted by molar-refractivity contribution is -0.120. The number of amides is 3. The molecule has 4 rings (SSSR count). The van der Waals surface area contributed by atoms with Crippen molar-refractivity contribution >= 4 is 17.6 Å². The number of fused-ring (bicyclic) bond motifs is 1. The molecule has 0 saturated heterocycles. The fourth-order valence-electron chi connectivity index (χ4n) is 3.99. The van der Waals surface area contributed by atoms with Crippen molar-refractivity contribution in [2.75, 3.05) is 18.4 Å². The van der Waals surface area contributed by atoms with Gasteiger partial charge in [0.2, 0.25) is 5.91 Å². The van der Waals surface area contributed by atoms with Gasteiger partial charge in [-0.2, -0.15) is 0 Å². The molecule has 0 radical (unpaired) electrons. The maximum absolute atomic E-state index is 12.6. The molecule has 164 valence electrons. The van der Waals surface area contributed by atoms with Gasteiger partial charge < -0.3 is 15.5 Å². The van der Waals surface area contributed by atoms with Crippen LogP contribution in [0.5, 0.6) is 0 Å². The summed E-state index contributed by atoms with van der Waals surface area (Å²) in [6.45, 7) is 2.01. The smallest absolute Gasteiger partial charge is 0.322 e. The van der Waals surface area contributed by atoms with E-state index >= 15 is 0 Å². The van der Waals surface area contributed by atoms with Gasteiger partial charge in [0.25, 0.3) is 0 Å². The predicted molar refractivity (Wildman–Crippen MR) is 127 cm³/mol. The van der Waals surface area contributed by atoms with E-state index in [0.717, 1.165) is 30.5 Å². The van der Waals surface area contributed by atoms with Crippen LogP contribution in [-0.4, -0.2) is 29.9 Å². The number of carbonyl (C=O) groups is 2. The van der Waals surface area contributed by atoms with Gasteiger partial charge in [0, 0.05) is 25.3 Å². The highest BCUT2D eigenvalue weighted by atomic mass is 16.2. The van der Waals surface area contributed by atoms with Gasteiger partial charge >= 0.3 is 6.03 Å². The Morgan fingerprint density at radius 1 is 0.812 bits per heavy atom. The van der Waals surface area contributed by atoms with E-state index in [2.05, 4.69) is 34.9 Å². The van der Waals surface area contributed by atoms with Gasteiger partial charge in [0.15, 0.2) is 0 Å². The largest absolute Gasteiger partial charge is 0.356 e. The minimum atomic E-state index is -0.0941. The topological polar surface area (TPSA) is 61.4 Å². The van der Waals surface area contributed by atoms with Crippen LogP contribution in [0.1, 0.15) is 28.7 Å². The first-order valence-electron chi connectivity index (χ1n) is 11.2. The second-order valence-electron chi connectivity index (χ2n) is 8.18. The predicted octanol–water partition coefficient (Wildman–Crippen LogP) is 4.57. The van der Waals surface area contributed by atoms with Crippen LogP contribution < -0.4 is 10.6 Å². The number of aryl methyl sites for hydroxylation is 1. The maximum atomic E-state index is 12.6. The quantitative estimate of drug-likeness (QED) is 0.543. The Morgan fingerprint density at radius 3 is 2.31 bits per heavy atom. The standard InChI is InChI=1S/C27H29N3O2/c31-26(28-17-6-9-21-7-2-1-3-8-21)19-22-12-14-25(15-13-22)29-27(32)30-18-16-23-10-4-5-11-24(23)20-30/h1-5,7-8,10-15H,6,9,16-20H2,(H,28,31)(H,29,32). The number of anilines is 1. The van der Waals surface area contributed by atoms with Gasteiger partial charge in [-0.25, -0.2) is 4.79 Å². The van der Waals surface area contributed by atoms with Crippen LogP contribution in [0.2, 0.25) is 0 Å². The molecule has 5 nitrogen and oxygen atoms in total. The monoisotopic (exact) mass is 427 g/mol. The molecule has 0 aromatic heterocycles. The molecule has 3 amide bonds. The second-order valence-corrected chi connectivity index (χ2v) is 8.18. The van der Waals surface area contributed by atoms with Crippen LogP contribution >= 0.6 is 0 Å². The number of rotatable bonds is 7. The van der Waals surface area contributed by atoms with E-state index < -0.39 is 0 Å². The van der Waals surface area contributed by atoms with Crippen LogP contribution in [0.4, 0.5) is 10.5 Å². The third kappa shape index (κ3) is 5.97. The van der Waals surface area contributed by atoms with E-state index in [0.29, 0.717) is 26.1 Å². The summed E-state index contributed by atoms with van der Waals surface area (Å²) >= 11 is 0. The third-order valence-corrected chi connectivity index (χ3v) is 5.79. The summed E-state index contributed by atoms with van der Waals surface area (Å²) in [4.78, 5) is 26.7. The Bertz CT molecular complexity index is 1050. The summed E-state index contributed by atoms with van der Waals surface area (Å²) in [5.74, 6) is 0.0156. The molecule has 1 aliphatic rings.